The minimum Gasteiger partial charge on any atom is -0.394 e. The van der Waals surface area contributed by atoms with Crippen LogP contribution in [0.3, 0.4) is 0 Å². The number of carbonyl (C=O) groups excluding carboxylic acids is 1. The summed E-state index contributed by atoms with van der Waals surface area (Å²) in [4.78, 5) is 12.5. The molecular weight excluding hydrogens is 847 g/mol. The van der Waals surface area contributed by atoms with Crippen LogP contribution in [-0.2, 0) is 4.79 Å². The lowest BCUT2D eigenvalue weighted by atomic mass is 10.0. The quantitative estimate of drug-likeness (QED) is 0.0361. The predicted octanol–water partition coefficient (Wildman–Crippen LogP) is 19.8. The third kappa shape index (κ3) is 54.2. The van der Waals surface area contributed by atoms with Crippen molar-refractivity contribution in [3.05, 3.63) is 36.5 Å². The lowest BCUT2D eigenvalue weighted by molar-refractivity contribution is -0.124. The number of hydrogen-bond acceptors (Lipinski definition) is 4. The van der Waals surface area contributed by atoms with Crippen LogP contribution in [0.2, 0.25) is 0 Å². The lowest BCUT2D eigenvalue weighted by Gasteiger charge is -2.26. The molecule has 5 heteroatoms. The first-order valence-electron chi connectivity index (χ1n) is 31.3. The fraction of sp³-hybridized carbons (Fsp3) is 0.891. The van der Waals surface area contributed by atoms with E-state index in [1.165, 1.54) is 270 Å². The van der Waals surface area contributed by atoms with E-state index in [1.807, 2.05) is 0 Å². The van der Waals surface area contributed by atoms with E-state index in [0.29, 0.717) is 12.8 Å². The molecular formula is C64H123NO4. The van der Waals surface area contributed by atoms with E-state index in [0.717, 1.165) is 44.9 Å². The van der Waals surface area contributed by atoms with Crippen LogP contribution in [0.5, 0.6) is 0 Å². The summed E-state index contributed by atoms with van der Waals surface area (Å²) < 4.78 is 0. The second-order valence-corrected chi connectivity index (χ2v) is 21.6. The first-order valence-corrected chi connectivity index (χ1v) is 31.3. The molecule has 4 N–H and O–H groups in total. The molecule has 69 heavy (non-hydrogen) atoms. The summed E-state index contributed by atoms with van der Waals surface area (Å²) in [5, 5.41) is 33.8. The fourth-order valence-corrected chi connectivity index (χ4v) is 9.90. The van der Waals surface area contributed by atoms with E-state index >= 15 is 0 Å². The Morgan fingerprint density at radius 1 is 0.362 bits per heavy atom. The van der Waals surface area contributed by atoms with Gasteiger partial charge in [-0.25, -0.2) is 0 Å². The van der Waals surface area contributed by atoms with Gasteiger partial charge in [-0.2, -0.15) is 0 Å². The third-order valence-corrected chi connectivity index (χ3v) is 14.7. The van der Waals surface area contributed by atoms with Gasteiger partial charge < -0.3 is 20.6 Å². The number of nitrogens with one attached hydrogen (secondary N) is 1. The highest BCUT2D eigenvalue weighted by molar-refractivity contribution is 5.76. The molecule has 0 saturated carbocycles. The first kappa shape index (κ1) is 67.6. The van der Waals surface area contributed by atoms with Crippen molar-refractivity contribution in [1.29, 1.82) is 0 Å². The van der Waals surface area contributed by atoms with Crippen molar-refractivity contribution in [2.75, 3.05) is 6.61 Å². The molecule has 5 nitrogen and oxygen atoms in total. The van der Waals surface area contributed by atoms with Crippen molar-refractivity contribution >= 4 is 5.91 Å². The molecule has 0 aliphatic heterocycles. The molecule has 3 atom stereocenters. The zero-order chi connectivity index (χ0) is 50.0. The smallest absolute Gasteiger partial charge is 0.220 e. The number of allylic oxidation sites excluding steroid dienone is 6. The number of unbranched alkanes of at least 4 members (excludes halogenated alkanes) is 44. The SMILES string of the molecule is CCCCCCCCCCCCC/C=C\C/C=C\CCCCCCCCCCCCCCCCCCCC(=O)NC(CO)C(O)C(O)CCC/C=C/CCCCCCCCCCCCCCCCC. The molecule has 0 bridgehead atoms. The van der Waals surface area contributed by atoms with Gasteiger partial charge in [0.05, 0.1) is 18.8 Å². The Labute approximate surface area is 432 Å². The number of hydrogen-bond donors (Lipinski definition) is 4. The zero-order valence-electron chi connectivity index (χ0n) is 46.7. The molecule has 408 valence electrons. The highest BCUT2D eigenvalue weighted by atomic mass is 16.3. The van der Waals surface area contributed by atoms with Gasteiger partial charge in [0.15, 0.2) is 0 Å². The summed E-state index contributed by atoms with van der Waals surface area (Å²) in [5.74, 6) is -0.149. The standard InChI is InChI=1S/C64H123NO4/c1-3-5-7-9-11-13-15-17-19-21-23-25-26-27-28-29-30-31-32-33-34-35-36-37-38-39-41-43-45-47-49-51-53-55-57-59-63(68)65-61(60-66)64(69)62(67)58-56-54-52-50-48-46-44-42-40-24-22-20-18-16-14-12-10-8-6-4-2/h26-27,29-30,50,52,61-62,64,66-67,69H,3-25,28,31-49,51,53-60H2,1-2H3,(H,65,68)/b27-26-,30-29-,52-50+. The largest absolute Gasteiger partial charge is 0.394 e. The van der Waals surface area contributed by atoms with E-state index in [4.69, 9.17) is 0 Å². The van der Waals surface area contributed by atoms with Gasteiger partial charge in [-0.3, -0.25) is 4.79 Å². The highest BCUT2D eigenvalue weighted by Gasteiger charge is 2.26. The van der Waals surface area contributed by atoms with Gasteiger partial charge in [0, 0.05) is 6.42 Å². The number of aliphatic hydroxyl groups is 3. The van der Waals surface area contributed by atoms with Crippen LogP contribution >= 0.6 is 0 Å². The highest BCUT2D eigenvalue weighted by Crippen LogP contribution is 2.18. The normalized spacial score (nSPS) is 13.4. The van der Waals surface area contributed by atoms with E-state index in [-0.39, 0.29) is 12.5 Å². The second kappa shape index (κ2) is 59.1. The van der Waals surface area contributed by atoms with Crippen LogP contribution in [0.4, 0.5) is 0 Å². The Kier molecular flexibility index (Phi) is 57.9. The average molecular weight is 971 g/mol. The summed E-state index contributed by atoms with van der Waals surface area (Å²) in [6.45, 7) is 4.21. The molecule has 0 fully saturated rings. The Bertz CT molecular complexity index is 1070. The minimum atomic E-state index is -1.16. The van der Waals surface area contributed by atoms with Gasteiger partial charge in [0.25, 0.3) is 0 Å². The molecule has 0 saturated heterocycles. The van der Waals surface area contributed by atoms with Crippen molar-refractivity contribution in [3.63, 3.8) is 0 Å². The Morgan fingerprint density at radius 2 is 0.623 bits per heavy atom. The van der Waals surface area contributed by atoms with E-state index in [1.54, 1.807) is 0 Å². The van der Waals surface area contributed by atoms with Crippen molar-refractivity contribution in [3.8, 4) is 0 Å². The van der Waals surface area contributed by atoms with Crippen LogP contribution in [0.25, 0.3) is 0 Å². The molecule has 0 aliphatic carbocycles. The number of aliphatic hydroxyl groups excluding tert-OH is 3. The second-order valence-electron chi connectivity index (χ2n) is 21.6. The third-order valence-electron chi connectivity index (χ3n) is 14.7. The van der Waals surface area contributed by atoms with Crippen molar-refractivity contribution in [1.82, 2.24) is 5.32 Å². The molecule has 0 spiro atoms. The molecule has 0 radical (unpaired) electrons. The van der Waals surface area contributed by atoms with Crippen LogP contribution in [-0.4, -0.2) is 46.1 Å². The van der Waals surface area contributed by atoms with E-state index in [9.17, 15) is 20.1 Å². The predicted molar refractivity (Wildman–Crippen MR) is 305 cm³/mol. The first-order chi connectivity index (χ1) is 34.1. The summed E-state index contributed by atoms with van der Waals surface area (Å²) in [6.07, 6.45) is 77.6. The monoisotopic (exact) mass is 970 g/mol. The van der Waals surface area contributed by atoms with Gasteiger partial charge in [-0.1, -0.05) is 301 Å². The van der Waals surface area contributed by atoms with Gasteiger partial charge in [0.1, 0.15) is 6.10 Å². The van der Waals surface area contributed by atoms with Crippen molar-refractivity contribution in [2.45, 2.75) is 360 Å². The minimum absolute atomic E-state index is 0.149. The van der Waals surface area contributed by atoms with Crippen LogP contribution in [0.15, 0.2) is 36.5 Å². The van der Waals surface area contributed by atoms with E-state index in [2.05, 4.69) is 55.6 Å². The molecule has 0 aromatic rings. The molecule has 0 aromatic heterocycles. The number of carbonyl (C=O) groups is 1. The molecule has 0 aliphatic rings. The molecule has 0 rings (SSSR count). The Balaban J connectivity index is 3.51. The topological polar surface area (TPSA) is 89.8 Å². The fourth-order valence-electron chi connectivity index (χ4n) is 9.90. The van der Waals surface area contributed by atoms with Gasteiger partial charge >= 0.3 is 0 Å². The van der Waals surface area contributed by atoms with Gasteiger partial charge in [0.2, 0.25) is 5.91 Å². The molecule has 3 unspecified atom stereocenters. The van der Waals surface area contributed by atoms with E-state index < -0.39 is 18.2 Å². The van der Waals surface area contributed by atoms with Crippen LogP contribution in [0.1, 0.15) is 341 Å². The zero-order valence-corrected chi connectivity index (χ0v) is 46.7. The lowest BCUT2D eigenvalue weighted by Crippen LogP contribution is -2.50. The molecule has 1 amide bonds. The summed E-state index contributed by atoms with van der Waals surface area (Å²) in [6, 6.07) is -0.826. The maximum Gasteiger partial charge on any atom is 0.220 e. The molecule has 0 aromatic carbocycles. The Hall–Kier alpha value is -1.43. The average Bonchev–Trinajstić information content (AvgIpc) is 3.35. The van der Waals surface area contributed by atoms with Gasteiger partial charge in [-0.15, -0.1) is 0 Å². The van der Waals surface area contributed by atoms with Crippen LogP contribution in [0, 0.1) is 0 Å². The van der Waals surface area contributed by atoms with Crippen molar-refractivity contribution < 1.29 is 20.1 Å². The maximum atomic E-state index is 12.5. The summed E-state index contributed by atoms with van der Waals surface area (Å²) in [7, 11) is 0. The van der Waals surface area contributed by atoms with Crippen LogP contribution < -0.4 is 5.32 Å². The molecule has 0 heterocycles. The summed E-state index contributed by atoms with van der Waals surface area (Å²) in [5.41, 5.74) is 0. The number of amides is 1. The van der Waals surface area contributed by atoms with Gasteiger partial charge in [-0.05, 0) is 70.6 Å². The summed E-state index contributed by atoms with van der Waals surface area (Å²) >= 11 is 0. The number of rotatable bonds is 58. The van der Waals surface area contributed by atoms with Crippen molar-refractivity contribution in [2.24, 2.45) is 0 Å². The maximum absolute atomic E-state index is 12.5. The Morgan fingerprint density at radius 3 is 0.928 bits per heavy atom.